The van der Waals surface area contributed by atoms with E-state index >= 15 is 0 Å². The number of nitrogens with zero attached hydrogens (tertiary/aromatic N) is 5. The normalized spacial score (nSPS) is 20.0. The number of likely N-dealkylation sites (tertiary alicyclic amines) is 2. The van der Waals surface area contributed by atoms with Crippen molar-refractivity contribution in [2.24, 2.45) is 5.41 Å². The van der Waals surface area contributed by atoms with Gasteiger partial charge in [-0.25, -0.2) is 0 Å². The lowest BCUT2D eigenvalue weighted by Crippen LogP contribution is -2.63. The molecule has 37 heavy (non-hydrogen) atoms. The number of hydrogen-bond donors (Lipinski definition) is 1. The lowest BCUT2D eigenvalue weighted by atomic mass is 9.62. The average Bonchev–Trinajstić information content (AvgIpc) is 3.38. The van der Waals surface area contributed by atoms with Gasteiger partial charge in [0.2, 0.25) is 5.91 Å². The predicted octanol–water partition coefficient (Wildman–Crippen LogP) is 4.30. The monoisotopic (exact) mass is 501 g/mol. The van der Waals surface area contributed by atoms with Crippen molar-refractivity contribution in [3.63, 3.8) is 0 Å². The van der Waals surface area contributed by atoms with E-state index in [2.05, 4.69) is 79.4 Å². The Hall–Kier alpha value is -3.03. The van der Waals surface area contributed by atoms with Gasteiger partial charge in [-0.05, 0) is 60.5 Å². The third kappa shape index (κ3) is 4.59. The van der Waals surface area contributed by atoms with E-state index in [4.69, 9.17) is 0 Å². The van der Waals surface area contributed by atoms with Crippen LogP contribution in [0.1, 0.15) is 74.6 Å². The van der Waals surface area contributed by atoms with Crippen LogP contribution in [0.2, 0.25) is 0 Å². The van der Waals surface area contributed by atoms with Crippen LogP contribution in [0.3, 0.4) is 0 Å². The summed E-state index contributed by atoms with van der Waals surface area (Å²) >= 11 is 0. The second kappa shape index (κ2) is 9.69. The molecule has 1 N–H and O–H groups in total. The summed E-state index contributed by atoms with van der Waals surface area (Å²) in [6, 6.07) is 12.5. The van der Waals surface area contributed by atoms with Gasteiger partial charge in [0.15, 0.2) is 5.82 Å². The molecule has 2 aliphatic heterocycles. The van der Waals surface area contributed by atoms with E-state index in [1.54, 1.807) is 13.1 Å². The Balaban J connectivity index is 1.46. The molecule has 2 aliphatic rings. The number of aliphatic hydroxyl groups is 1. The van der Waals surface area contributed by atoms with E-state index in [9.17, 15) is 9.90 Å². The topological polar surface area (TPSA) is 74.5 Å². The Morgan fingerprint density at radius 1 is 1.11 bits per heavy atom. The van der Waals surface area contributed by atoms with Crippen LogP contribution < -0.4 is 0 Å². The molecule has 2 saturated heterocycles. The molecule has 1 amide bonds. The summed E-state index contributed by atoms with van der Waals surface area (Å²) in [4.78, 5) is 15.9. The first-order valence-corrected chi connectivity index (χ1v) is 13.4. The fourth-order valence-corrected chi connectivity index (χ4v) is 6.35. The van der Waals surface area contributed by atoms with Gasteiger partial charge >= 0.3 is 0 Å². The lowest BCUT2D eigenvalue weighted by Gasteiger charge is -2.55. The maximum absolute atomic E-state index is 12.5. The second-order valence-corrected chi connectivity index (χ2v) is 11.7. The molecule has 0 bridgehead atoms. The average molecular weight is 502 g/mol. The van der Waals surface area contributed by atoms with Crippen molar-refractivity contribution in [3.05, 3.63) is 77.2 Å². The Bertz CT molecular complexity index is 1250. The van der Waals surface area contributed by atoms with Crippen LogP contribution in [0.15, 0.2) is 55.0 Å². The summed E-state index contributed by atoms with van der Waals surface area (Å²) in [5.74, 6) is 1.70. The standard InChI is InChI=1S/C30H39N5O2/c1-21(2)23-6-8-26(9-7-23)30(37,29(4)19-33(5)20-29)27-16-28(32-31-17-27)35-15-12-25(18-35)24-10-13-34(14-11-24)22(3)36/h6-9,12,15-18,21,24,37H,10-11,13-14,19-20H2,1-5H3/t30-/m0/s1. The zero-order valence-corrected chi connectivity index (χ0v) is 22.7. The number of benzene rings is 1. The summed E-state index contributed by atoms with van der Waals surface area (Å²) in [5.41, 5.74) is 2.60. The van der Waals surface area contributed by atoms with Crippen LogP contribution >= 0.6 is 0 Å². The number of amides is 1. The van der Waals surface area contributed by atoms with Gasteiger partial charge in [0.25, 0.3) is 0 Å². The van der Waals surface area contributed by atoms with Gasteiger partial charge in [0.05, 0.1) is 6.20 Å². The molecule has 2 aromatic heterocycles. The summed E-state index contributed by atoms with van der Waals surface area (Å²) < 4.78 is 2.00. The minimum Gasteiger partial charge on any atom is -0.380 e. The molecule has 5 rings (SSSR count). The van der Waals surface area contributed by atoms with Gasteiger partial charge in [0.1, 0.15) is 5.60 Å². The predicted molar refractivity (Wildman–Crippen MR) is 145 cm³/mol. The van der Waals surface area contributed by atoms with Crippen molar-refractivity contribution in [2.75, 3.05) is 33.2 Å². The van der Waals surface area contributed by atoms with E-state index in [0.717, 1.165) is 50.1 Å². The van der Waals surface area contributed by atoms with Gasteiger partial charge in [-0.1, -0.05) is 45.0 Å². The molecule has 3 aromatic rings. The molecule has 0 radical (unpaired) electrons. The Morgan fingerprint density at radius 2 is 1.78 bits per heavy atom. The van der Waals surface area contributed by atoms with E-state index < -0.39 is 5.60 Å². The molecule has 4 heterocycles. The molecule has 1 aromatic carbocycles. The van der Waals surface area contributed by atoms with Gasteiger partial charge in [-0.2, -0.15) is 5.10 Å². The molecule has 7 heteroatoms. The Labute approximate surface area is 220 Å². The highest BCUT2D eigenvalue weighted by molar-refractivity contribution is 5.73. The smallest absolute Gasteiger partial charge is 0.219 e. The first kappa shape index (κ1) is 25.6. The van der Waals surface area contributed by atoms with Crippen LogP contribution in [0.4, 0.5) is 0 Å². The lowest BCUT2D eigenvalue weighted by molar-refractivity contribution is -0.129. The van der Waals surface area contributed by atoms with E-state index in [1.807, 2.05) is 21.7 Å². The molecule has 0 saturated carbocycles. The van der Waals surface area contributed by atoms with Gasteiger partial charge in [-0.3, -0.25) is 4.79 Å². The Kier molecular flexibility index (Phi) is 6.71. The first-order chi connectivity index (χ1) is 17.6. The van der Waals surface area contributed by atoms with Crippen molar-refractivity contribution in [1.82, 2.24) is 24.6 Å². The molecule has 2 fully saturated rings. The fourth-order valence-electron chi connectivity index (χ4n) is 6.35. The number of aromatic nitrogens is 3. The maximum Gasteiger partial charge on any atom is 0.219 e. The van der Waals surface area contributed by atoms with Crippen LogP contribution in [-0.2, 0) is 10.4 Å². The second-order valence-electron chi connectivity index (χ2n) is 11.7. The minimum absolute atomic E-state index is 0.154. The van der Waals surface area contributed by atoms with E-state index in [-0.39, 0.29) is 11.3 Å². The fraction of sp³-hybridized carbons (Fsp3) is 0.500. The molecule has 0 unspecified atom stereocenters. The van der Waals surface area contributed by atoms with Gasteiger partial charge in [-0.15, -0.1) is 5.10 Å². The van der Waals surface area contributed by atoms with Crippen LogP contribution in [0.25, 0.3) is 5.82 Å². The number of carbonyl (C=O) groups is 1. The van der Waals surface area contributed by atoms with Crippen LogP contribution in [0, 0.1) is 5.41 Å². The van der Waals surface area contributed by atoms with E-state index in [0.29, 0.717) is 17.7 Å². The molecule has 0 aliphatic carbocycles. The maximum atomic E-state index is 12.5. The molecule has 1 atom stereocenters. The van der Waals surface area contributed by atoms with Crippen molar-refractivity contribution in [3.8, 4) is 5.82 Å². The number of rotatable bonds is 6. The molecule has 196 valence electrons. The quantitative estimate of drug-likeness (QED) is 0.545. The van der Waals surface area contributed by atoms with Crippen molar-refractivity contribution in [2.45, 2.75) is 58.0 Å². The van der Waals surface area contributed by atoms with Crippen LogP contribution in [-0.4, -0.2) is 68.8 Å². The van der Waals surface area contributed by atoms with Gasteiger partial charge < -0.3 is 19.5 Å². The summed E-state index contributed by atoms with van der Waals surface area (Å²) in [6.07, 6.45) is 7.79. The molecular formula is C30H39N5O2. The van der Waals surface area contributed by atoms with Crippen molar-refractivity contribution < 1.29 is 9.90 Å². The third-order valence-electron chi connectivity index (χ3n) is 8.56. The molecule has 7 nitrogen and oxygen atoms in total. The first-order valence-electron chi connectivity index (χ1n) is 13.4. The van der Waals surface area contributed by atoms with E-state index in [1.165, 1.54) is 11.1 Å². The van der Waals surface area contributed by atoms with Gasteiger partial charge in [0, 0.05) is 56.5 Å². The zero-order chi connectivity index (χ0) is 26.4. The van der Waals surface area contributed by atoms with Crippen molar-refractivity contribution >= 4 is 5.91 Å². The molecular weight excluding hydrogens is 462 g/mol. The highest BCUT2D eigenvalue weighted by Gasteiger charge is 2.55. The minimum atomic E-state index is -1.20. The molecule has 0 spiro atoms. The Morgan fingerprint density at radius 3 is 2.38 bits per heavy atom. The number of hydrogen-bond acceptors (Lipinski definition) is 5. The zero-order valence-electron chi connectivity index (χ0n) is 22.7. The summed E-state index contributed by atoms with van der Waals surface area (Å²) in [6.45, 7) is 11.3. The third-order valence-corrected chi connectivity index (χ3v) is 8.56. The number of piperidine rings is 1. The largest absolute Gasteiger partial charge is 0.380 e. The summed E-state index contributed by atoms with van der Waals surface area (Å²) in [7, 11) is 2.09. The summed E-state index contributed by atoms with van der Waals surface area (Å²) in [5, 5.41) is 21.3. The van der Waals surface area contributed by atoms with Crippen LogP contribution in [0.5, 0.6) is 0 Å². The highest BCUT2D eigenvalue weighted by atomic mass is 16.3. The van der Waals surface area contributed by atoms with Crippen molar-refractivity contribution in [1.29, 1.82) is 0 Å². The number of carbonyl (C=O) groups excluding carboxylic acids is 1. The SMILES string of the molecule is CC(=O)N1CCC(c2ccn(-c3cc([C@@](O)(c4ccc(C(C)C)cc4)C4(C)CN(C)C4)cnn3)c2)CC1. The highest BCUT2D eigenvalue weighted by Crippen LogP contribution is 2.50.